The van der Waals surface area contributed by atoms with Crippen LogP contribution in [0.2, 0.25) is 0 Å². The topological polar surface area (TPSA) is 68.5 Å². The molecule has 5 heteroatoms. The van der Waals surface area contributed by atoms with Gasteiger partial charge >= 0.3 is 5.97 Å². The SMILES string of the molecule is COC(=O)C1CCC(NC(=O)c2cc(C)oc2C)CC1. The molecule has 110 valence electrons. The third-order valence-corrected chi connectivity index (χ3v) is 3.88. The Morgan fingerprint density at radius 3 is 2.40 bits per heavy atom. The molecule has 5 nitrogen and oxygen atoms in total. The van der Waals surface area contributed by atoms with Crippen LogP contribution in [0.25, 0.3) is 0 Å². The van der Waals surface area contributed by atoms with Gasteiger partial charge in [0.15, 0.2) is 0 Å². The van der Waals surface area contributed by atoms with Crippen LogP contribution in [0, 0.1) is 19.8 Å². The molecule has 2 rings (SSSR count). The number of amides is 1. The standard InChI is InChI=1S/C15H21NO4/c1-9-8-13(10(2)20-9)14(17)16-12-6-4-11(5-7-12)15(18)19-3/h8,11-12H,4-7H2,1-3H3,(H,16,17). The van der Waals surface area contributed by atoms with Crippen molar-refractivity contribution in [3.63, 3.8) is 0 Å². The van der Waals surface area contributed by atoms with Crippen LogP contribution in [-0.2, 0) is 9.53 Å². The van der Waals surface area contributed by atoms with Crippen molar-refractivity contribution in [2.75, 3.05) is 7.11 Å². The molecule has 1 fully saturated rings. The van der Waals surface area contributed by atoms with Gasteiger partial charge in [0.1, 0.15) is 11.5 Å². The lowest BCUT2D eigenvalue weighted by atomic mass is 9.86. The van der Waals surface area contributed by atoms with E-state index in [1.165, 1.54) is 7.11 Å². The maximum absolute atomic E-state index is 12.2. The van der Waals surface area contributed by atoms with E-state index in [9.17, 15) is 9.59 Å². The summed E-state index contributed by atoms with van der Waals surface area (Å²) < 4.78 is 10.1. The minimum atomic E-state index is -0.143. The predicted molar refractivity (Wildman–Crippen MR) is 73.4 cm³/mol. The molecule has 0 unspecified atom stereocenters. The predicted octanol–water partition coefficient (Wildman–Crippen LogP) is 2.36. The van der Waals surface area contributed by atoms with Gasteiger partial charge in [0, 0.05) is 6.04 Å². The van der Waals surface area contributed by atoms with Crippen LogP contribution in [0.15, 0.2) is 10.5 Å². The average Bonchev–Trinajstić information content (AvgIpc) is 2.78. The second kappa shape index (κ2) is 6.11. The van der Waals surface area contributed by atoms with E-state index in [1.807, 2.05) is 6.92 Å². The van der Waals surface area contributed by atoms with Crippen LogP contribution >= 0.6 is 0 Å². The first-order valence-electron chi connectivity index (χ1n) is 6.97. The van der Waals surface area contributed by atoms with E-state index in [4.69, 9.17) is 9.15 Å². The van der Waals surface area contributed by atoms with Crippen LogP contribution in [-0.4, -0.2) is 25.0 Å². The van der Waals surface area contributed by atoms with Gasteiger partial charge in [0.25, 0.3) is 5.91 Å². The smallest absolute Gasteiger partial charge is 0.308 e. The van der Waals surface area contributed by atoms with E-state index in [1.54, 1.807) is 13.0 Å². The second-order valence-electron chi connectivity index (χ2n) is 5.37. The summed E-state index contributed by atoms with van der Waals surface area (Å²) in [5.41, 5.74) is 0.595. The quantitative estimate of drug-likeness (QED) is 0.862. The number of carbonyl (C=O) groups is 2. The molecule has 1 aromatic heterocycles. The third-order valence-electron chi connectivity index (χ3n) is 3.88. The van der Waals surface area contributed by atoms with E-state index in [0.29, 0.717) is 11.3 Å². The lowest BCUT2D eigenvalue weighted by Crippen LogP contribution is -2.39. The number of ether oxygens (including phenoxy) is 1. The van der Waals surface area contributed by atoms with Crippen molar-refractivity contribution < 1.29 is 18.7 Å². The number of carbonyl (C=O) groups excluding carboxylic acids is 2. The number of nitrogens with one attached hydrogen (secondary N) is 1. The van der Waals surface area contributed by atoms with Gasteiger partial charge in [-0.3, -0.25) is 9.59 Å². The molecule has 0 bridgehead atoms. The minimum absolute atomic E-state index is 0.0222. The first-order chi connectivity index (χ1) is 9.51. The third kappa shape index (κ3) is 3.21. The van der Waals surface area contributed by atoms with Gasteiger partial charge in [-0.1, -0.05) is 0 Å². The zero-order valence-corrected chi connectivity index (χ0v) is 12.2. The highest BCUT2D eigenvalue weighted by Crippen LogP contribution is 2.25. The maximum Gasteiger partial charge on any atom is 0.308 e. The Balaban J connectivity index is 1.88. The molecule has 1 N–H and O–H groups in total. The van der Waals surface area contributed by atoms with Crippen LogP contribution in [0.4, 0.5) is 0 Å². The number of hydrogen-bond donors (Lipinski definition) is 1. The normalized spacial score (nSPS) is 22.4. The molecule has 1 aliphatic carbocycles. The van der Waals surface area contributed by atoms with Crippen molar-refractivity contribution in [3.8, 4) is 0 Å². The number of furan rings is 1. The van der Waals surface area contributed by atoms with Crippen LogP contribution < -0.4 is 5.32 Å². The van der Waals surface area contributed by atoms with Crippen LogP contribution in [0.3, 0.4) is 0 Å². The molecule has 1 saturated carbocycles. The van der Waals surface area contributed by atoms with Gasteiger partial charge in [0.05, 0.1) is 18.6 Å². The maximum atomic E-state index is 12.2. The fourth-order valence-corrected chi connectivity index (χ4v) is 2.76. The number of aryl methyl sites for hydroxylation is 2. The van der Waals surface area contributed by atoms with E-state index >= 15 is 0 Å². The van der Waals surface area contributed by atoms with Crippen molar-refractivity contribution in [2.45, 2.75) is 45.6 Å². The van der Waals surface area contributed by atoms with Crippen LogP contribution in [0.5, 0.6) is 0 Å². The van der Waals surface area contributed by atoms with E-state index in [-0.39, 0.29) is 23.8 Å². The highest BCUT2D eigenvalue weighted by molar-refractivity contribution is 5.95. The van der Waals surface area contributed by atoms with Gasteiger partial charge in [-0.15, -0.1) is 0 Å². The summed E-state index contributed by atoms with van der Waals surface area (Å²) in [5.74, 6) is 1.12. The van der Waals surface area contributed by atoms with Gasteiger partial charge < -0.3 is 14.5 Å². The molecule has 0 aromatic carbocycles. The first-order valence-corrected chi connectivity index (χ1v) is 6.97. The molecule has 0 atom stereocenters. The molecule has 1 aliphatic rings. The highest BCUT2D eigenvalue weighted by Gasteiger charge is 2.28. The molecule has 1 aromatic rings. The molecule has 0 aliphatic heterocycles. The van der Waals surface area contributed by atoms with Gasteiger partial charge in [-0.25, -0.2) is 0 Å². The Morgan fingerprint density at radius 2 is 1.90 bits per heavy atom. The average molecular weight is 279 g/mol. The number of hydrogen-bond acceptors (Lipinski definition) is 4. The molecule has 1 heterocycles. The Hall–Kier alpha value is -1.78. The molecule has 0 saturated heterocycles. The van der Waals surface area contributed by atoms with Crippen molar-refractivity contribution in [1.82, 2.24) is 5.32 Å². The van der Waals surface area contributed by atoms with E-state index in [0.717, 1.165) is 31.4 Å². The Kier molecular flexibility index (Phi) is 4.47. The lowest BCUT2D eigenvalue weighted by Gasteiger charge is -2.27. The largest absolute Gasteiger partial charge is 0.469 e. The molecule has 0 radical (unpaired) electrons. The Bertz CT molecular complexity index is 498. The summed E-state index contributed by atoms with van der Waals surface area (Å²) in [6.45, 7) is 3.61. The lowest BCUT2D eigenvalue weighted by molar-refractivity contribution is -0.146. The highest BCUT2D eigenvalue weighted by atomic mass is 16.5. The summed E-state index contributed by atoms with van der Waals surface area (Å²) in [5, 5.41) is 3.02. The molecular weight excluding hydrogens is 258 g/mol. The zero-order valence-electron chi connectivity index (χ0n) is 12.2. The van der Waals surface area contributed by atoms with Crippen molar-refractivity contribution in [1.29, 1.82) is 0 Å². The summed E-state index contributed by atoms with van der Waals surface area (Å²) in [6.07, 6.45) is 3.14. The zero-order chi connectivity index (χ0) is 14.7. The summed E-state index contributed by atoms with van der Waals surface area (Å²) in [6, 6.07) is 1.88. The molecule has 1 amide bonds. The van der Waals surface area contributed by atoms with Gasteiger partial charge in [0.2, 0.25) is 0 Å². The molecule has 0 spiro atoms. The fourth-order valence-electron chi connectivity index (χ4n) is 2.76. The summed E-state index contributed by atoms with van der Waals surface area (Å²) in [7, 11) is 1.42. The minimum Gasteiger partial charge on any atom is -0.469 e. The van der Waals surface area contributed by atoms with E-state index < -0.39 is 0 Å². The van der Waals surface area contributed by atoms with Gasteiger partial charge in [-0.2, -0.15) is 0 Å². The van der Waals surface area contributed by atoms with E-state index in [2.05, 4.69) is 5.32 Å². The van der Waals surface area contributed by atoms with Gasteiger partial charge in [-0.05, 0) is 45.6 Å². The van der Waals surface area contributed by atoms with Crippen molar-refractivity contribution in [2.24, 2.45) is 5.92 Å². The summed E-state index contributed by atoms with van der Waals surface area (Å²) in [4.78, 5) is 23.6. The second-order valence-corrected chi connectivity index (χ2v) is 5.37. The molecule has 20 heavy (non-hydrogen) atoms. The fraction of sp³-hybridized carbons (Fsp3) is 0.600. The Labute approximate surface area is 118 Å². The monoisotopic (exact) mass is 279 g/mol. The number of methoxy groups -OCH3 is 1. The number of esters is 1. The number of rotatable bonds is 3. The van der Waals surface area contributed by atoms with Crippen LogP contribution in [0.1, 0.15) is 47.6 Å². The van der Waals surface area contributed by atoms with Crippen molar-refractivity contribution in [3.05, 3.63) is 23.2 Å². The van der Waals surface area contributed by atoms with Crippen molar-refractivity contribution >= 4 is 11.9 Å². The molecular formula is C15H21NO4. The summed E-state index contributed by atoms with van der Waals surface area (Å²) >= 11 is 0. The Morgan fingerprint density at radius 1 is 1.25 bits per heavy atom. The first kappa shape index (κ1) is 14.6.